The first kappa shape index (κ1) is 13.0. The molecule has 0 unspecified atom stereocenters. The van der Waals surface area contributed by atoms with Crippen LogP contribution in [0.15, 0.2) is 49.1 Å². The summed E-state index contributed by atoms with van der Waals surface area (Å²) in [5, 5.41) is 0. The van der Waals surface area contributed by atoms with Gasteiger partial charge in [0.2, 0.25) is 0 Å². The summed E-state index contributed by atoms with van der Waals surface area (Å²) in [6, 6.07) is 0. The molecular weight excluding hydrogens is 168 g/mol. The molecule has 0 fully saturated rings. The van der Waals surface area contributed by atoms with Crippen molar-refractivity contribution < 1.29 is 0 Å². The van der Waals surface area contributed by atoms with Gasteiger partial charge in [0.25, 0.3) is 0 Å². The number of rotatable bonds is 2. The van der Waals surface area contributed by atoms with Crippen molar-refractivity contribution in [3.63, 3.8) is 0 Å². The normalized spacial score (nSPS) is 20.1. The van der Waals surface area contributed by atoms with Crippen molar-refractivity contribution >= 4 is 0 Å². The Labute approximate surface area is 88.7 Å². The molecule has 0 aromatic carbocycles. The van der Waals surface area contributed by atoms with Crippen LogP contribution in [-0.4, -0.2) is 0 Å². The van der Waals surface area contributed by atoms with Gasteiger partial charge in [-0.05, 0) is 39.0 Å². The average Bonchev–Trinajstić information content (AvgIpc) is 2.14. The second-order valence-corrected chi connectivity index (χ2v) is 3.19. The van der Waals surface area contributed by atoms with E-state index >= 15 is 0 Å². The molecule has 0 spiro atoms. The summed E-state index contributed by atoms with van der Waals surface area (Å²) in [5.74, 6) is 0. The van der Waals surface area contributed by atoms with Gasteiger partial charge < -0.3 is 0 Å². The van der Waals surface area contributed by atoms with Gasteiger partial charge in [-0.25, -0.2) is 0 Å². The molecule has 0 saturated carbocycles. The monoisotopic (exact) mass is 190 g/mol. The Hall–Kier alpha value is -1.04. The standard InChI is InChI=1S/C8H12.C6H10/c1-2-4-6-8-7-5-3-1;1-3-5-6-4-2/h1-2,7-8H,3-6H2;3-4,6H,1,5H2,2H3/b2-1-,8-7-;6-4+. The largest absolute Gasteiger partial charge is 0.103 e. The summed E-state index contributed by atoms with van der Waals surface area (Å²) in [4.78, 5) is 0. The topological polar surface area (TPSA) is 0 Å². The highest BCUT2D eigenvalue weighted by Crippen LogP contribution is 2.02. The molecule has 0 N–H and O–H groups in total. The van der Waals surface area contributed by atoms with E-state index in [4.69, 9.17) is 0 Å². The Morgan fingerprint density at radius 2 is 1.43 bits per heavy atom. The summed E-state index contributed by atoms with van der Waals surface area (Å²) in [6.07, 6.45) is 20.9. The van der Waals surface area contributed by atoms with E-state index in [0.717, 1.165) is 6.42 Å². The maximum absolute atomic E-state index is 3.55. The molecule has 1 rings (SSSR count). The van der Waals surface area contributed by atoms with Gasteiger partial charge in [0, 0.05) is 0 Å². The zero-order valence-electron chi connectivity index (χ0n) is 9.28. The Morgan fingerprint density at radius 1 is 1.00 bits per heavy atom. The molecule has 14 heavy (non-hydrogen) atoms. The maximum Gasteiger partial charge on any atom is -0.0172 e. The molecule has 1 aliphatic carbocycles. The second-order valence-electron chi connectivity index (χ2n) is 3.19. The minimum absolute atomic E-state index is 0.997. The molecule has 78 valence electrons. The van der Waals surface area contributed by atoms with Crippen LogP contribution in [0.25, 0.3) is 0 Å². The second kappa shape index (κ2) is 12.0. The lowest BCUT2D eigenvalue weighted by Crippen LogP contribution is -1.71. The molecule has 0 saturated heterocycles. The van der Waals surface area contributed by atoms with Crippen molar-refractivity contribution in [1.29, 1.82) is 0 Å². The summed E-state index contributed by atoms with van der Waals surface area (Å²) < 4.78 is 0. The first-order chi connectivity index (χ1) is 6.91. The first-order valence-electron chi connectivity index (χ1n) is 5.44. The molecule has 0 bridgehead atoms. The molecule has 0 radical (unpaired) electrons. The molecule has 0 heteroatoms. The number of hydrogen-bond donors (Lipinski definition) is 0. The van der Waals surface area contributed by atoms with Gasteiger partial charge in [-0.15, -0.1) is 6.58 Å². The third-order valence-corrected chi connectivity index (χ3v) is 1.87. The summed E-state index contributed by atoms with van der Waals surface area (Å²) in [7, 11) is 0. The zero-order chi connectivity index (χ0) is 10.5. The van der Waals surface area contributed by atoms with Crippen molar-refractivity contribution in [1.82, 2.24) is 0 Å². The minimum Gasteiger partial charge on any atom is -0.103 e. The van der Waals surface area contributed by atoms with E-state index < -0.39 is 0 Å². The van der Waals surface area contributed by atoms with Crippen LogP contribution in [0.1, 0.15) is 39.0 Å². The van der Waals surface area contributed by atoms with Crippen LogP contribution in [0.5, 0.6) is 0 Å². The predicted octanol–water partition coefficient (Wildman–Crippen LogP) is 4.81. The quantitative estimate of drug-likeness (QED) is 0.548. The van der Waals surface area contributed by atoms with Gasteiger partial charge in [-0.3, -0.25) is 0 Å². The fourth-order valence-electron chi connectivity index (χ4n) is 1.09. The Bertz CT molecular complexity index is 168. The average molecular weight is 190 g/mol. The Kier molecular flexibility index (Phi) is 11.1. The SMILES string of the molecule is C1=C\CC/C=C\CC/1.C=CC/C=C/C. The Balaban J connectivity index is 0.000000255. The van der Waals surface area contributed by atoms with Crippen molar-refractivity contribution in [3.8, 4) is 0 Å². The third kappa shape index (κ3) is 11.0. The third-order valence-electron chi connectivity index (χ3n) is 1.87. The van der Waals surface area contributed by atoms with Crippen LogP contribution in [0.4, 0.5) is 0 Å². The molecule has 0 nitrogen and oxygen atoms in total. The zero-order valence-corrected chi connectivity index (χ0v) is 9.28. The van der Waals surface area contributed by atoms with Crippen LogP contribution < -0.4 is 0 Å². The molecule has 0 atom stereocenters. The van der Waals surface area contributed by atoms with E-state index in [1.807, 2.05) is 19.1 Å². The van der Waals surface area contributed by atoms with Crippen molar-refractivity contribution in [2.75, 3.05) is 0 Å². The van der Waals surface area contributed by atoms with Crippen LogP contribution in [0, 0.1) is 0 Å². The van der Waals surface area contributed by atoms with Crippen LogP contribution in [0.3, 0.4) is 0 Å². The summed E-state index contributed by atoms with van der Waals surface area (Å²) in [5.41, 5.74) is 0. The molecule has 0 amide bonds. The predicted molar refractivity (Wildman–Crippen MR) is 66.4 cm³/mol. The highest BCUT2D eigenvalue weighted by Gasteiger charge is 1.81. The number of hydrogen-bond acceptors (Lipinski definition) is 0. The molecule has 1 aliphatic rings. The fourth-order valence-corrected chi connectivity index (χ4v) is 1.09. The van der Waals surface area contributed by atoms with Gasteiger partial charge in [0.1, 0.15) is 0 Å². The lowest BCUT2D eigenvalue weighted by Gasteiger charge is -1.92. The lowest BCUT2D eigenvalue weighted by atomic mass is 10.1. The van der Waals surface area contributed by atoms with E-state index in [9.17, 15) is 0 Å². The van der Waals surface area contributed by atoms with Crippen LogP contribution >= 0.6 is 0 Å². The van der Waals surface area contributed by atoms with Gasteiger partial charge >= 0.3 is 0 Å². The van der Waals surface area contributed by atoms with E-state index in [1.165, 1.54) is 25.7 Å². The highest BCUT2D eigenvalue weighted by atomic mass is 13.9. The molecule has 0 aliphatic heterocycles. The highest BCUT2D eigenvalue weighted by molar-refractivity contribution is 4.93. The summed E-state index contributed by atoms with van der Waals surface area (Å²) in [6.45, 7) is 5.55. The molecule has 0 aromatic rings. The lowest BCUT2D eigenvalue weighted by molar-refractivity contribution is 0.962. The maximum atomic E-state index is 3.55. The van der Waals surface area contributed by atoms with E-state index in [0.29, 0.717) is 0 Å². The summed E-state index contributed by atoms with van der Waals surface area (Å²) >= 11 is 0. The Morgan fingerprint density at radius 3 is 1.64 bits per heavy atom. The van der Waals surface area contributed by atoms with Gasteiger partial charge in [-0.1, -0.05) is 42.5 Å². The van der Waals surface area contributed by atoms with Crippen LogP contribution in [-0.2, 0) is 0 Å². The van der Waals surface area contributed by atoms with E-state index in [1.54, 1.807) is 0 Å². The van der Waals surface area contributed by atoms with Gasteiger partial charge in [0.05, 0.1) is 0 Å². The van der Waals surface area contributed by atoms with Gasteiger partial charge in [-0.2, -0.15) is 0 Å². The number of allylic oxidation sites excluding steroid dienone is 7. The van der Waals surface area contributed by atoms with Gasteiger partial charge in [0.15, 0.2) is 0 Å². The molecule has 0 heterocycles. The van der Waals surface area contributed by atoms with Crippen molar-refractivity contribution in [3.05, 3.63) is 49.1 Å². The van der Waals surface area contributed by atoms with Crippen molar-refractivity contribution in [2.45, 2.75) is 39.0 Å². The minimum atomic E-state index is 0.997. The molecule has 0 aromatic heterocycles. The smallest absolute Gasteiger partial charge is 0.0172 e. The van der Waals surface area contributed by atoms with Crippen LogP contribution in [0.2, 0.25) is 0 Å². The van der Waals surface area contributed by atoms with Crippen molar-refractivity contribution in [2.24, 2.45) is 0 Å². The molecular formula is C14H22. The van der Waals surface area contributed by atoms with E-state index in [2.05, 4.69) is 37.0 Å². The first-order valence-corrected chi connectivity index (χ1v) is 5.44. The van der Waals surface area contributed by atoms with E-state index in [-0.39, 0.29) is 0 Å². The fraction of sp³-hybridized carbons (Fsp3) is 0.429.